The highest BCUT2D eigenvalue weighted by Crippen LogP contribution is 2.32. The van der Waals surface area contributed by atoms with Crippen molar-refractivity contribution in [3.05, 3.63) is 71.0 Å². The van der Waals surface area contributed by atoms with E-state index in [9.17, 15) is 31.9 Å². The smallest absolute Gasteiger partial charge is 0.347 e. The van der Waals surface area contributed by atoms with Crippen LogP contribution in [0.2, 0.25) is 0 Å². The van der Waals surface area contributed by atoms with Crippen molar-refractivity contribution in [1.82, 2.24) is 15.5 Å². The predicted octanol–water partition coefficient (Wildman–Crippen LogP) is 2.28. The first-order chi connectivity index (χ1) is 15.1. The van der Waals surface area contributed by atoms with E-state index in [-0.39, 0.29) is 30.3 Å². The summed E-state index contributed by atoms with van der Waals surface area (Å²) < 4.78 is 52.2. The van der Waals surface area contributed by atoms with Crippen molar-refractivity contribution in [3.8, 4) is 0 Å². The average Bonchev–Trinajstić information content (AvgIpc) is 3.16. The number of benzene rings is 2. The van der Waals surface area contributed by atoms with Gasteiger partial charge in [0.25, 0.3) is 5.91 Å². The molecule has 0 aromatic heterocycles. The van der Waals surface area contributed by atoms with E-state index in [0.717, 1.165) is 11.6 Å². The molecule has 2 aromatic carbocycles. The summed E-state index contributed by atoms with van der Waals surface area (Å²) in [5.74, 6) is -2.94. The van der Waals surface area contributed by atoms with Gasteiger partial charge in [0, 0.05) is 24.6 Å². The fourth-order valence-corrected chi connectivity index (χ4v) is 4.10. The number of piperazine rings is 1. The summed E-state index contributed by atoms with van der Waals surface area (Å²) in [7, 11) is 0. The second-order valence-corrected chi connectivity index (χ2v) is 7.86. The molecule has 168 valence electrons. The maximum absolute atomic E-state index is 13.5. The molecule has 0 aliphatic carbocycles. The standard InChI is InChI=1S/C22H19F4N3O3/c23-16-7-6-13(9-15(16)22(24,25)26)19(30)27-14-10-18-20(31)28-17(21(32)29(18)11-14)8-12-4-2-1-3-5-12/h1-7,9,14,17-18H,8,10-11H2,(H,27,30)(H,28,31)/t14-,17+,18-/m0/s1. The zero-order valence-electron chi connectivity index (χ0n) is 16.7. The lowest BCUT2D eigenvalue weighted by molar-refractivity contribution is -0.147. The van der Waals surface area contributed by atoms with Gasteiger partial charge in [-0.1, -0.05) is 30.3 Å². The van der Waals surface area contributed by atoms with E-state index < -0.39 is 41.6 Å². The fraction of sp³-hybridized carbons (Fsp3) is 0.318. The Balaban J connectivity index is 1.44. The molecule has 6 nitrogen and oxygen atoms in total. The summed E-state index contributed by atoms with van der Waals surface area (Å²) in [5.41, 5.74) is -1.01. The quantitative estimate of drug-likeness (QED) is 0.704. The van der Waals surface area contributed by atoms with Gasteiger partial charge in [-0.15, -0.1) is 0 Å². The number of carbonyl (C=O) groups is 3. The van der Waals surface area contributed by atoms with Gasteiger partial charge in [0.05, 0.1) is 5.56 Å². The number of halogens is 4. The molecule has 0 unspecified atom stereocenters. The number of amides is 3. The SMILES string of the molecule is O=C(N[C@H]1C[C@H]2C(=O)N[C@H](Cc3ccccc3)C(=O)N2C1)c1ccc(F)c(C(F)(F)F)c1. The van der Waals surface area contributed by atoms with E-state index >= 15 is 0 Å². The van der Waals surface area contributed by atoms with Crippen LogP contribution in [-0.2, 0) is 22.2 Å². The summed E-state index contributed by atoms with van der Waals surface area (Å²) in [6.07, 6.45) is -4.48. The number of carbonyl (C=O) groups excluding carboxylic acids is 3. The third kappa shape index (κ3) is 4.30. The largest absolute Gasteiger partial charge is 0.419 e. The number of rotatable bonds is 4. The lowest BCUT2D eigenvalue weighted by Gasteiger charge is -2.34. The van der Waals surface area contributed by atoms with Crippen molar-refractivity contribution in [2.24, 2.45) is 0 Å². The lowest BCUT2D eigenvalue weighted by atomic mass is 10.0. The molecule has 4 rings (SSSR count). The number of alkyl halides is 3. The lowest BCUT2D eigenvalue weighted by Crippen LogP contribution is -2.61. The first-order valence-corrected chi connectivity index (χ1v) is 9.96. The van der Waals surface area contributed by atoms with Gasteiger partial charge in [-0.3, -0.25) is 14.4 Å². The summed E-state index contributed by atoms with van der Waals surface area (Å²) in [5, 5.41) is 5.27. The maximum Gasteiger partial charge on any atom is 0.419 e. The second kappa shape index (κ2) is 8.25. The molecule has 0 spiro atoms. The monoisotopic (exact) mass is 449 g/mol. The Morgan fingerprint density at radius 3 is 2.53 bits per heavy atom. The van der Waals surface area contributed by atoms with Gasteiger partial charge in [-0.05, 0) is 30.2 Å². The third-order valence-electron chi connectivity index (χ3n) is 5.65. The van der Waals surface area contributed by atoms with Gasteiger partial charge in [0.1, 0.15) is 17.9 Å². The number of hydrogen-bond donors (Lipinski definition) is 2. The molecule has 0 radical (unpaired) electrons. The zero-order valence-corrected chi connectivity index (χ0v) is 16.7. The van der Waals surface area contributed by atoms with Gasteiger partial charge >= 0.3 is 6.18 Å². The van der Waals surface area contributed by atoms with Crippen LogP contribution >= 0.6 is 0 Å². The van der Waals surface area contributed by atoms with E-state index in [1.807, 2.05) is 30.3 Å². The second-order valence-electron chi connectivity index (χ2n) is 7.86. The van der Waals surface area contributed by atoms with E-state index in [1.54, 1.807) is 0 Å². The Morgan fingerprint density at radius 2 is 1.84 bits per heavy atom. The van der Waals surface area contributed by atoms with Crippen molar-refractivity contribution in [3.63, 3.8) is 0 Å². The van der Waals surface area contributed by atoms with Crippen LogP contribution in [0.4, 0.5) is 17.6 Å². The molecule has 0 saturated carbocycles. The average molecular weight is 449 g/mol. The normalized spacial score (nSPS) is 23.0. The molecule has 2 fully saturated rings. The Labute approximate surface area is 180 Å². The third-order valence-corrected chi connectivity index (χ3v) is 5.65. The zero-order chi connectivity index (χ0) is 23.0. The molecule has 2 N–H and O–H groups in total. The van der Waals surface area contributed by atoms with Gasteiger partial charge < -0.3 is 15.5 Å². The van der Waals surface area contributed by atoms with Gasteiger partial charge in [-0.2, -0.15) is 13.2 Å². The molecule has 32 heavy (non-hydrogen) atoms. The van der Waals surface area contributed by atoms with Crippen LogP contribution in [0, 0.1) is 5.82 Å². The molecule has 2 aromatic rings. The van der Waals surface area contributed by atoms with E-state index in [4.69, 9.17) is 0 Å². The molecule has 2 saturated heterocycles. The topological polar surface area (TPSA) is 78.5 Å². The molecule has 3 atom stereocenters. The molecule has 0 bridgehead atoms. The maximum atomic E-state index is 13.5. The summed E-state index contributed by atoms with van der Waals surface area (Å²) in [4.78, 5) is 39.3. The first-order valence-electron chi connectivity index (χ1n) is 9.96. The first kappa shape index (κ1) is 21.8. The summed E-state index contributed by atoms with van der Waals surface area (Å²) >= 11 is 0. The van der Waals surface area contributed by atoms with Crippen molar-refractivity contribution in [2.45, 2.75) is 37.1 Å². The van der Waals surface area contributed by atoms with Gasteiger partial charge in [-0.25, -0.2) is 4.39 Å². The van der Waals surface area contributed by atoms with E-state index in [2.05, 4.69) is 10.6 Å². The summed E-state index contributed by atoms with van der Waals surface area (Å²) in [6, 6.07) is 9.04. The number of hydrogen-bond acceptors (Lipinski definition) is 3. The molecule has 2 aliphatic rings. The minimum atomic E-state index is -4.94. The van der Waals surface area contributed by atoms with Crippen LogP contribution in [0.15, 0.2) is 48.5 Å². The van der Waals surface area contributed by atoms with Crippen LogP contribution in [0.5, 0.6) is 0 Å². The van der Waals surface area contributed by atoms with Crippen LogP contribution in [0.3, 0.4) is 0 Å². The van der Waals surface area contributed by atoms with Crippen molar-refractivity contribution >= 4 is 17.7 Å². The fourth-order valence-electron chi connectivity index (χ4n) is 4.10. The number of nitrogens with one attached hydrogen (secondary N) is 2. The number of nitrogens with zero attached hydrogens (tertiary/aromatic N) is 1. The van der Waals surface area contributed by atoms with Crippen LogP contribution in [-0.4, -0.2) is 47.3 Å². The Hall–Kier alpha value is -3.43. The minimum absolute atomic E-state index is 0.0568. The van der Waals surface area contributed by atoms with Crippen molar-refractivity contribution in [1.29, 1.82) is 0 Å². The highest BCUT2D eigenvalue weighted by atomic mass is 19.4. The van der Waals surface area contributed by atoms with Crippen LogP contribution in [0.1, 0.15) is 27.9 Å². The number of fused-ring (bicyclic) bond motifs is 1. The van der Waals surface area contributed by atoms with Crippen LogP contribution in [0.25, 0.3) is 0 Å². The molecular formula is C22H19F4N3O3. The van der Waals surface area contributed by atoms with Crippen LogP contribution < -0.4 is 10.6 Å². The molecular weight excluding hydrogens is 430 g/mol. The highest BCUT2D eigenvalue weighted by molar-refractivity contribution is 5.98. The van der Waals surface area contributed by atoms with Gasteiger partial charge in [0.15, 0.2) is 0 Å². The molecule has 2 aliphatic heterocycles. The summed E-state index contributed by atoms with van der Waals surface area (Å²) in [6.45, 7) is 0.0568. The van der Waals surface area contributed by atoms with Crippen molar-refractivity contribution in [2.75, 3.05) is 6.54 Å². The van der Waals surface area contributed by atoms with Gasteiger partial charge in [0.2, 0.25) is 11.8 Å². The molecule has 10 heteroatoms. The molecule has 2 heterocycles. The predicted molar refractivity (Wildman–Crippen MR) is 105 cm³/mol. The Bertz CT molecular complexity index is 1060. The highest BCUT2D eigenvalue weighted by Gasteiger charge is 2.46. The minimum Gasteiger partial charge on any atom is -0.347 e. The van der Waals surface area contributed by atoms with E-state index in [0.29, 0.717) is 18.6 Å². The Kier molecular flexibility index (Phi) is 5.62. The Morgan fingerprint density at radius 1 is 1.12 bits per heavy atom. The molecule has 3 amide bonds. The van der Waals surface area contributed by atoms with E-state index in [1.165, 1.54) is 4.90 Å². The van der Waals surface area contributed by atoms with Crippen molar-refractivity contribution < 1.29 is 31.9 Å².